The molecule has 0 saturated heterocycles. The Morgan fingerprint density at radius 2 is 1.92 bits per heavy atom. The lowest BCUT2D eigenvalue weighted by molar-refractivity contribution is 0.297. The average Bonchev–Trinajstić information content (AvgIpc) is 2.85. The van der Waals surface area contributed by atoms with E-state index >= 15 is 0 Å². The summed E-state index contributed by atoms with van der Waals surface area (Å²) < 4.78 is 11.4. The van der Waals surface area contributed by atoms with Crippen LogP contribution in [-0.4, -0.2) is 42.3 Å². The molecule has 1 aromatic heterocycles. The lowest BCUT2D eigenvalue weighted by Gasteiger charge is -2.15. The maximum atomic E-state index is 6.35. The minimum absolute atomic E-state index is 0.213. The SMILES string of the molecule is CC(C)c1nc(NCc2cc(Cl)c3c(c2)OCCCO3)nc(N(C)C)n1. The largest absolute Gasteiger partial charge is 0.489 e. The third-order valence-corrected chi connectivity index (χ3v) is 4.15. The predicted octanol–water partition coefficient (Wildman–Crippen LogP) is 3.49. The molecule has 7 nitrogen and oxygen atoms in total. The van der Waals surface area contributed by atoms with Crippen LogP contribution in [0.4, 0.5) is 11.9 Å². The Morgan fingerprint density at radius 3 is 2.65 bits per heavy atom. The van der Waals surface area contributed by atoms with Crippen LogP contribution in [0.25, 0.3) is 0 Å². The molecule has 26 heavy (non-hydrogen) atoms. The smallest absolute Gasteiger partial charge is 0.229 e. The molecule has 8 heteroatoms. The van der Waals surface area contributed by atoms with Gasteiger partial charge in [0.05, 0.1) is 18.2 Å². The first kappa shape index (κ1) is 18.5. The third kappa shape index (κ3) is 4.27. The van der Waals surface area contributed by atoms with Gasteiger partial charge in [-0.2, -0.15) is 15.0 Å². The minimum Gasteiger partial charge on any atom is -0.489 e. The number of rotatable bonds is 5. The number of fused-ring (bicyclic) bond motifs is 1. The maximum Gasteiger partial charge on any atom is 0.229 e. The zero-order valence-electron chi connectivity index (χ0n) is 15.5. The number of anilines is 2. The second-order valence-corrected chi connectivity index (χ2v) is 7.08. The highest BCUT2D eigenvalue weighted by atomic mass is 35.5. The van der Waals surface area contributed by atoms with Gasteiger partial charge in [0.15, 0.2) is 11.5 Å². The quantitative estimate of drug-likeness (QED) is 0.854. The van der Waals surface area contributed by atoms with Crippen molar-refractivity contribution in [1.82, 2.24) is 15.0 Å². The Morgan fingerprint density at radius 1 is 1.15 bits per heavy atom. The Bertz CT molecular complexity index is 756. The zero-order chi connectivity index (χ0) is 18.7. The molecule has 0 amide bonds. The first-order valence-electron chi connectivity index (χ1n) is 8.69. The van der Waals surface area contributed by atoms with Gasteiger partial charge >= 0.3 is 0 Å². The summed E-state index contributed by atoms with van der Waals surface area (Å²) in [5, 5.41) is 3.81. The maximum absolute atomic E-state index is 6.35. The molecule has 3 rings (SSSR count). The van der Waals surface area contributed by atoms with Crippen LogP contribution < -0.4 is 19.7 Å². The van der Waals surface area contributed by atoms with Gasteiger partial charge in [-0.25, -0.2) is 0 Å². The Kier molecular flexibility index (Phi) is 5.66. The topological polar surface area (TPSA) is 72.4 Å². The molecule has 1 aromatic carbocycles. The monoisotopic (exact) mass is 377 g/mol. The van der Waals surface area contributed by atoms with E-state index in [2.05, 4.69) is 34.1 Å². The molecule has 0 fully saturated rings. The Labute approximate surface area is 158 Å². The van der Waals surface area contributed by atoms with Gasteiger partial charge in [-0.1, -0.05) is 25.4 Å². The summed E-state index contributed by atoms with van der Waals surface area (Å²) in [6.07, 6.45) is 0.842. The summed E-state index contributed by atoms with van der Waals surface area (Å²) in [5.41, 5.74) is 0.970. The van der Waals surface area contributed by atoms with Gasteiger partial charge in [-0.15, -0.1) is 0 Å². The first-order valence-corrected chi connectivity index (χ1v) is 9.07. The molecule has 1 N–H and O–H groups in total. The molecule has 2 heterocycles. The van der Waals surface area contributed by atoms with Gasteiger partial charge < -0.3 is 19.7 Å². The number of nitrogens with one attached hydrogen (secondary N) is 1. The first-order chi connectivity index (χ1) is 12.4. The summed E-state index contributed by atoms with van der Waals surface area (Å²) in [6.45, 7) is 5.87. The summed E-state index contributed by atoms with van der Waals surface area (Å²) in [7, 11) is 3.82. The molecule has 1 aliphatic rings. The van der Waals surface area contributed by atoms with E-state index in [1.54, 1.807) is 0 Å². The molecule has 0 unspecified atom stereocenters. The van der Waals surface area contributed by atoms with Crippen LogP contribution in [0.2, 0.25) is 5.02 Å². The van der Waals surface area contributed by atoms with E-state index in [9.17, 15) is 0 Å². The van der Waals surface area contributed by atoms with E-state index < -0.39 is 0 Å². The van der Waals surface area contributed by atoms with E-state index in [0.717, 1.165) is 17.8 Å². The lowest BCUT2D eigenvalue weighted by Crippen LogP contribution is -2.17. The van der Waals surface area contributed by atoms with Crippen molar-refractivity contribution in [2.45, 2.75) is 32.7 Å². The van der Waals surface area contributed by atoms with Crippen LogP contribution in [0.1, 0.15) is 37.6 Å². The van der Waals surface area contributed by atoms with Crippen LogP contribution in [0, 0.1) is 0 Å². The molecule has 0 bridgehead atoms. The van der Waals surface area contributed by atoms with Gasteiger partial charge in [0.2, 0.25) is 11.9 Å². The minimum atomic E-state index is 0.213. The third-order valence-electron chi connectivity index (χ3n) is 3.87. The van der Waals surface area contributed by atoms with Crippen molar-refractivity contribution in [3.8, 4) is 11.5 Å². The fraction of sp³-hybridized carbons (Fsp3) is 0.500. The van der Waals surface area contributed by atoms with E-state index in [1.165, 1.54) is 0 Å². The fourth-order valence-corrected chi connectivity index (χ4v) is 2.77. The van der Waals surface area contributed by atoms with Gasteiger partial charge in [0.25, 0.3) is 0 Å². The number of ether oxygens (including phenoxy) is 2. The molecule has 0 spiro atoms. The number of hydrogen-bond donors (Lipinski definition) is 1. The normalized spacial score (nSPS) is 13.5. The van der Waals surface area contributed by atoms with Crippen molar-refractivity contribution in [2.24, 2.45) is 0 Å². The van der Waals surface area contributed by atoms with Crippen LogP contribution in [0.5, 0.6) is 11.5 Å². The predicted molar refractivity (Wildman–Crippen MR) is 103 cm³/mol. The van der Waals surface area contributed by atoms with Gasteiger partial charge in [-0.05, 0) is 17.7 Å². The highest BCUT2D eigenvalue weighted by Crippen LogP contribution is 2.38. The standard InChI is InChI=1S/C18H24ClN5O2/c1-11(2)16-21-17(23-18(22-16)24(3)4)20-10-12-8-13(19)15-14(9-12)25-6-5-7-26-15/h8-9,11H,5-7,10H2,1-4H3,(H,20,21,22,23). The van der Waals surface area contributed by atoms with Crippen molar-refractivity contribution in [3.05, 3.63) is 28.5 Å². The lowest BCUT2D eigenvalue weighted by atomic mass is 10.2. The molecule has 0 atom stereocenters. The van der Waals surface area contributed by atoms with Gasteiger partial charge in [0, 0.05) is 33.0 Å². The molecule has 0 radical (unpaired) electrons. The van der Waals surface area contributed by atoms with Crippen molar-refractivity contribution in [2.75, 3.05) is 37.5 Å². The molecular formula is C18H24ClN5O2. The number of nitrogens with zero attached hydrogens (tertiary/aromatic N) is 4. The van der Waals surface area contributed by atoms with Crippen LogP contribution in [0.15, 0.2) is 12.1 Å². The molecule has 2 aromatic rings. The number of halogens is 1. The zero-order valence-corrected chi connectivity index (χ0v) is 16.3. The van der Waals surface area contributed by atoms with Gasteiger partial charge in [0.1, 0.15) is 5.82 Å². The molecule has 140 valence electrons. The summed E-state index contributed by atoms with van der Waals surface area (Å²) in [6, 6.07) is 3.82. The molecule has 0 aliphatic carbocycles. The fourth-order valence-electron chi connectivity index (χ4n) is 2.49. The number of hydrogen-bond acceptors (Lipinski definition) is 7. The number of aromatic nitrogens is 3. The van der Waals surface area contributed by atoms with Crippen LogP contribution in [-0.2, 0) is 6.54 Å². The second-order valence-electron chi connectivity index (χ2n) is 6.68. The van der Waals surface area contributed by atoms with E-state index in [4.69, 9.17) is 21.1 Å². The van der Waals surface area contributed by atoms with Crippen molar-refractivity contribution < 1.29 is 9.47 Å². The Hall–Kier alpha value is -2.28. The van der Waals surface area contributed by atoms with E-state index in [-0.39, 0.29) is 5.92 Å². The van der Waals surface area contributed by atoms with Crippen molar-refractivity contribution in [3.63, 3.8) is 0 Å². The van der Waals surface area contributed by atoms with Gasteiger partial charge in [-0.3, -0.25) is 0 Å². The van der Waals surface area contributed by atoms with Crippen LogP contribution in [0.3, 0.4) is 0 Å². The summed E-state index contributed by atoms with van der Waals surface area (Å²) in [4.78, 5) is 15.3. The highest BCUT2D eigenvalue weighted by molar-refractivity contribution is 6.32. The number of benzene rings is 1. The highest BCUT2D eigenvalue weighted by Gasteiger charge is 2.16. The molecule has 1 aliphatic heterocycles. The van der Waals surface area contributed by atoms with E-state index in [1.807, 2.05) is 31.1 Å². The second kappa shape index (κ2) is 7.95. The Balaban J connectivity index is 1.81. The van der Waals surface area contributed by atoms with Crippen LogP contribution >= 0.6 is 11.6 Å². The van der Waals surface area contributed by atoms with E-state index in [0.29, 0.717) is 48.2 Å². The summed E-state index contributed by atoms with van der Waals surface area (Å²) >= 11 is 6.35. The van der Waals surface area contributed by atoms with Crippen molar-refractivity contribution in [1.29, 1.82) is 0 Å². The molecular weight excluding hydrogens is 354 g/mol. The summed E-state index contributed by atoms with van der Waals surface area (Å²) in [5.74, 6) is 3.43. The van der Waals surface area contributed by atoms with Crippen molar-refractivity contribution >= 4 is 23.5 Å². The average molecular weight is 378 g/mol. The molecule has 0 saturated carbocycles.